The quantitative estimate of drug-likeness (QED) is 0.390. The summed E-state index contributed by atoms with van der Waals surface area (Å²) in [7, 11) is 0. The van der Waals surface area contributed by atoms with Gasteiger partial charge in [0.05, 0.1) is 12.1 Å². The first kappa shape index (κ1) is 26.7. The van der Waals surface area contributed by atoms with Crippen molar-refractivity contribution in [3.63, 3.8) is 0 Å². The van der Waals surface area contributed by atoms with Crippen LogP contribution in [0, 0.1) is 5.92 Å². The topological polar surface area (TPSA) is 41.6 Å². The zero-order chi connectivity index (χ0) is 24.5. The first-order valence-electron chi connectivity index (χ1n) is 10.8. The molecule has 4 nitrogen and oxygen atoms in total. The van der Waals surface area contributed by atoms with Gasteiger partial charge >= 0.3 is 6.18 Å². The van der Waals surface area contributed by atoms with Crippen LogP contribution in [0.5, 0.6) is 11.5 Å². The number of benzene rings is 3. The first-order valence-corrected chi connectivity index (χ1v) is 10.8. The number of carbonyl (C=O) groups is 1. The molecule has 0 saturated carbocycles. The summed E-state index contributed by atoms with van der Waals surface area (Å²) in [4.78, 5) is 14.4. The Balaban J connectivity index is 0.00000342. The van der Waals surface area contributed by atoms with E-state index in [2.05, 4.69) is 5.32 Å². The van der Waals surface area contributed by atoms with E-state index in [4.69, 9.17) is 4.74 Å². The highest BCUT2D eigenvalue weighted by molar-refractivity contribution is 7.59. The second-order valence-electron chi connectivity index (χ2n) is 8.45. The number of hydrogen-bond acceptors (Lipinski definition) is 3. The van der Waals surface area contributed by atoms with E-state index in [-0.39, 0.29) is 43.7 Å². The largest absolute Gasteiger partial charge is 0.457 e. The number of carbonyl (C=O) groups excluding carboxylic acids is 1. The van der Waals surface area contributed by atoms with Crippen LogP contribution in [-0.2, 0) is 6.18 Å². The zero-order valence-electron chi connectivity index (χ0n) is 18.8. The van der Waals surface area contributed by atoms with Crippen molar-refractivity contribution < 1.29 is 31.5 Å². The normalized spacial score (nSPS) is 15.4. The fraction of sp³-hybridized carbons (Fsp3) is 0.320. The monoisotopic (exact) mass is 512 g/mol. The van der Waals surface area contributed by atoms with E-state index in [9.17, 15) is 26.7 Å². The minimum absolute atomic E-state index is 0. The third-order valence-electron chi connectivity index (χ3n) is 5.96. The molecule has 1 saturated heterocycles. The molecule has 0 spiro atoms. The lowest BCUT2D eigenvalue weighted by atomic mass is 9.92. The van der Waals surface area contributed by atoms with Crippen molar-refractivity contribution in [3.05, 3.63) is 71.8 Å². The van der Waals surface area contributed by atoms with Crippen LogP contribution in [0.3, 0.4) is 0 Å². The average Bonchev–Trinajstić information content (AvgIpc) is 2.75. The molecule has 1 fully saturated rings. The molecule has 1 amide bonds. The molecule has 0 aliphatic carbocycles. The third-order valence-corrected chi connectivity index (χ3v) is 5.96. The molecular formula is C25H25F5N2O2S. The Morgan fingerprint density at radius 3 is 2.40 bits per heavy atom. The van der Waals surface area contributed by atoms with Gasteiger partial charge in [-0.1, -0.05) is 12.1 Å². The summed E-state index contributed by atoms with van der Waals surface area (Å²) in [5.41, 5.74) is -0.318. The van der Waals surface area contributed by atoms with Crippen molar-refractivity contribution in [3.8, 4) is 11.5 Å². The van der Waals surface area contributed by atoms with E-state index in [1.807, 2.05) is 13.0 Å². The number of halogens is 5. The van der Waals surface area contributed by atoms with Gasteiger partial charge in [0, 0.05) is 36.0 Å². The van der Waals surface area contributed by atoms with Gasteiger partial charge in [0.1, 0.15) is 11.5 Å². The number of alkyl halides is 5. The minimum atomic E-state index is -4.42. The van der Waals surface area contributed by atoms with Crippen molar-refractivity contribution in [1.82, 2.24) is 10.2 Å². The Labute approximate surface area is 206 Å². The Hall–Kier alpha value is -2.85. The fourth-order valence-electron chi connectivity index (χ4n) is 4.00. The summed E-state index contributed by atoms with van der Waals surface area (Å²) in [5.74, 6) is 0.561. The average molecular weight is 513 g/mol. The summed E-state index contributed by atoms with van der Waals surface area (Å²) in [5, 5.41) is 4.37. The van der Waals surface area contributed by atoms with E-state index in [0.717, 1.165) is 17.5 Å². The Kier molecular flexibility index (Phi) is 8.27. The first-order chi connectivity index (χ1) is 16.1. The van der Waals surface area contributed by atoms with E-state index in [1.165, 1.54) is 12.1 Å². The Bertz CT molecular complexity index is 1160. The van der Waals surface area contributed by atoms with Gasteiger partial charge < -0.3 is 10.1 Å². The standard InChI is InChI=1S/C25H23F5N2O2.H2S/c1-15(18-12-32(13-18)14-23(26)27)31-24(33)17-5-10-21-16(11-17)3-2-4-22(21)34-20-8-6-19(7-9-20)25(28,29)30;/h2-11,15,18,23H,12-14H2,1H3,(H,31,33);1H2/t15-;/m0./s1. The van der Waals surface area contributed by atoms with E-state index < -0.39 is 18.2 Å². The van der Waals surface area contributed by atoms with Crippen LogP contribution in [0.4, 0.5) is 22.0 Å². The number of rotatable bonds is 7. The van der Waals surface area contributed by atoms with Gasteiger partial charge in [-0.3, -0.25) is 9.69 Å². The van der Waals surface area contributed by atoms with Gasteiger partial charge in [0.25, 0.3) is 12.3 Å². The molecule has 35 heavy (non-hydrogen) atoms. The van der Waals surface area contributed by atoms with Crippen molar-refractivity contribution >= 4 is 30.2 Å². The van der Waals surface area contributed by atoms with E-state index in [0.29, 0.717) is 29.8 Å². The lowest BCUT2D eigenvalue weighted by Crippen LogP contribution is -2.56. The maximum absolute atomic E-state index is 12.8. The van der Waals surface area contributed by atoms with Crippen molar-refractivity contribution in [2.75, 3.05) is 19.6 Å². The molecule has 1 atom stereocenters. The van der Waals surface area contributed by atoms with Gasteiger partial charge in [-0.25, -0.2) is 8.78 Å². The summed E-state index contributed by atoms with van der Waals surface area (Å²) in [6.07, 6.45) is -6.78. The highest BCUT2D eigenvalue weighted by Crippen LogP contribution is 2.34. The van der Waals surface area contributed by atoms with Gasteiger partial charge in [-0.05, 0) is 60.8 Å². The molecule has 0 radical (unpaired) electrons. The maximum Gasteiger partial charge on any atom is 0.416 e. The Morgan fingerprint density at radius 1 is 1.09 bits per heavy atom. The van der Waals surface area contributed by atoms with Gasteiger partial charge in [0.2, 0.25) is 0 Å². The lowest BCUT2D eigenvalue weighted by Gasteiger charge is -2.42. The van der Waals surface area contributed by atoms with Crippen LogP contribution in [-0.4, -0.2) is 42.9 Å². The van der Waals surface area contributed by atoms with Crippen molar-refractivity contribution in [2.24, 2.45) is 5.92 Å². The second-order valence-corrected chi connectivity index (χ2v) is 8.45. The lowest BCUT2D eigenvalue weighted by molar-refractivity contribution is -0.137. The van der Waals surface area contributed by atoms with E-state index >= 15 is 0 Å². The van der Waals surface area contributed by atoms with Crippen LogP contribution < -0.4 is 10.1 Å². The number of ether oxygens (including phenoxy) is 1. The summed E-state index contributed by atoms with van der Waals surface area (Å²) in [6, 6.07) is 14.6. The number of likely N-dealkylation sites (tertiary alicyclic amines) is 1. The molecular weight excluding hydrogens is 487 g/mol. The van der Waals surface area contributed by atoms with Crippen LogP contribution in [0.25, 0.3) is 10.8 Å². The summed E-state index contributed by atoms with van der Waals surface area (Å²) >= 11 is 0. The molecule has 4 rings (SSSR count). The summed E-state index contributed by atoms with van der Waals surface area (Å²) in [6.45, 7) is 2.65. The fourth-order valence-corrected chi connectivity index (χ4v) is 4.00. The molecule has 1 aliphatic heterocycles. The molecule has 188 valence electrons. The van der Waals surface area contributed by atoms with Crippen LogP contribution in [0.2, 0.25) is 0 Å². The third kappa shape index (κ3) is 6.43. The van der Waals surface area contributed by atoms with E-state index in [1.54, 1.807) is 35.2 Å². The van der Waals surface area contributed by atoms with Crippen molar-refractivity contribution in [1.29, 1.82) is 0 Å². The molecule has 3 aromatic carbocycles. The zero-order valence-corrected chi connectivity index (χ0v) is 19.8. The Morgan fingerprint density at radius 2 is 1.77 bits per heavy atom. The molecule has 10 heteroatoms. The number of amides is 1. The highest BCUT2D eigenvalue weighted by atomic mass is 32.1. The molecule has 0 unspecified atom stereocenters. The predicted octanol–water partition coefficient (Wildman–Crippen LogP) is 6.08. The van der Waals surface area contributed by atoms with Crippen LogP contribution in [0.1, 0.15) is 22.8 Å². The van der Waals surface area contributed by atoms with Crippen molar-refractivity contribution in [2.45, 2.75) is 25.6 Å². The molecule has 0 bridgehead atoms. The second kappa shape index (κ2) is 10.8. The minimum Gasteiger partial charge on any atom is -0.457 e. The maximum atomic E-state index is 12.8. The molecule has 3 aromatic rings. The molecule has 1 heterocycles. The number of nitrogens with one attached hydrogen (secondary N) is 1. The molecule has 0 aromatic heterocycles. The van der Waals surface area contributed by atoms with Crippen LogP contribution >= 0.6 is 13.5 Å². The van der Waals surface area contributed by atoms with Gasteiger partial charge in [0.15, 0.2) is 0 Å². The molecule has 1 N–H and O–H groups in total. The smallest absolute Gasteiger partial charge is 0.416 e. The van der Waals surface area contributed by atoms with Crippen LogP contribution in [0.15, 0.2) is 60.7 Å². The highest BCUT2D eigenvalue weighted by Gasteiger charge is 2.33. The van der Waals surface area contributed by atoms with Gasteiger partial charge in [-0.2, -0.15) is 26.7 Å². The number of hydrogen-bond donors (Lipinski definition) is 1. The predicted molar refractivity (Wildman–Crippen MR) is 129 cm³/mol. The number of nitrogens with zero attached hydrogens (tertiary/aromatic N) is 1. The number of fused-ring (bicyclic) bond motifs is 1. The molecule has 1 aliphatic rings. The summed E-state index contributed by atoms with van der Waals surface area (Å²) < 4.78 is 69.0. The SMILES string of the molecule is C[C@H](NC(=O)c1ccc2c(Oc3ccc(C(F)(F)F)cc3)cccc2c1)C1CN(CC(F)F)C1.S. The van der Waals surface area contributed by atoms with Gasteiger partial charge in [-0.15, -0.1) is 0 Å².